The van der Waals surface area contributed by atoms with Gasteiger partial charge < -0.3 is 19.5 Å². The number of amides is 1. The Balaban J connectivity index is 1.57. The molecule has 3 aromatic carbocycles. The molecule has 1 amide bonds. The number of aliphatic imine (C=N–C) groups is 1. The van der Waals surface area contributed by atoms with E-state index >= 15 is 0 Å². The molecule has 0 bridgehead atoms. The van der Waals surface area contributed by atoms with Crippen molar-refractivity contribution in [2.75, 3.05) is 27.4 Å². The lowest BCUT2D eigenvalue weighted by Crippen LogP contribution is -2.44. The number of rotatable bonds is 11. The highest BCUT2D eigenvalue weighted by molar-refractivity contribution is 6.08. The summed E-state index contributed by atoms with van der Waals surface area (Å²) in [6.45, 7) is 3.42. The largest absolute Gasteiger partial charge is 0.494 e. The summed E-state index contributed by atoms with van der Waals surface area (Å²) in [5.41, 5.74) is 5.09. The van der Waals surface area contributed by atoms with Gasteiger partial charge in [-0.3, -0.25) is 9.79 Å². The molecule has 36 heavy (non-hydrogen) atoms. The number of carbonyl (C=O) groups is 1. The molecule has 1 aliphatic rings. The van der Waals surface area contributed by atoms with Crippen molar-refractivity contribution < 1.29 is 19.0 Å². The van der Waals surface area contributed by atoms with Crippen molar-refractivity contribution >= 4 is 11.6 Å². The second-order valence-corrected chi connectivity index (χ2v) is 8.86. The predicted molar refractivity (Wildman–Crippen MR) is 143 cm³/mol. The van der Waals surface area contributed by atoms with Crippen molar-refractivity contribution in [3.63, 3.8) is 0 Å². The van der Waals surface area contributed by atoms with Crippen LogP contribution in [0.5, 0.6) is 17.2 Å². The van der Waals surface area contributed by atoms with Gasteiger partial charge in [-0.05, 0) is 60.2 Å². The van der Waals surface area contributed by atoms with Crippen molar-refractivity contribution in [2.45, 2.75) is 38.6 Å². The van der Waals surface area contributed by atoms with Gasteiger partial charge in [-0.15, -0.1) is 0 Å². The molecule has 0 saturated heterocycles. The molecule has 0 spiro atoms. The van der Waals surface area contributed by atoms with E-state index in [0.29, 0.717) is 31.1 Å². The number of fused-ring (bicyclic) bond motifs is 1. The van der Waals surface area contributed by atoms with Crippen LogP contribution in [0.1, 0.15) is 35.6 Å². The lowest BCUT2D eigenvalue weighted by atomic mass is 9.90. The minimum atomic E-state index is -0.274. The van der Waals surface area contributed by atoms with E-state index in [1.54, 1.807) is 14.2 Å². The van der Waals surface area contributed by atoms with Crippen LogP contribution < -0.4 is 19.5 Å². The maximum Gasteiger partial charge on any atom is 0.224 e. The Morgan fingerprint density at radius 2 is 1.69 bits per heavy atom. The fourth-order valence-electron chi connectivity index (χ4n) is 4.47. The zero-order chi connectivity index (χ0) is 25.3. The molecule has 0 saturated carbocycles. The zero-order valence-electron chi connectivity index (χ0n) is 21.3. The highest BCUT2D eigenvalue weighted by Crippen LogP contribution is 2.33. The van der Waals surface area contributed by atoms with Gasteiger partial charge >= 0.3 is 0 Å². The van der Waals surface area contributed by atoms with Crippen molar-refractivity contribution in [2.24, 2.45) is 4.99 Å². The van der Waals surface area contributed by atoms with E-state index in [2.05, 4.69) is 24.4 Å². The molecular formula is C30H34N2O4. The first kappa shape index (κ1) is 25.3. The van der Waals surface area contributed by atoms with Crippen LogP contribution in [0, 0.1) is 0 Å². The molecule has 1 atom stereocenters. The summed E-state index contributed by atoms with van der Waals surface area (Å²) in [6, 6.07) is 21.6. The number of hydrogen-bond donors (Lipinski definition) is 1. The minimum Gasteiger partial charge on any atom is -0.494 e. The Labute approximate surface area is 213 Å². The molecule has 4 rings (SSSR count). The van der Waals surface area contributed by atoms with E-state index < -0.39 is 0 Å². The minimum absolute atomic E-state index is 0.0477. The Morgan fingerprint density at radius 1 is 0.972 bits per heavy atom. The Hall–Kier alpha value is -3.80. The summed E-state index contributed by atoms with van der Waals surface area (Å²) in [6.07, 6.45) is 2.70. The summed E-state index contributed by atoms with van der Waals surface area (Å²) >= 11 is 0. The van der Waals surface area contributed by atoms with Gasteiger partial charge in [-0.2, -0.15) is 0 Å². The Kier molecular flexibility index (Phi) is 8.61. The molecule has 0 radical (unpaired) electrons. The average Bonchev–Trinajstić information content (AvgIpc) is 2.91. The third kappa shape index (κ3) is 6.25. The highest BCUT2D eigenvalue weighted by atomic mass is 16.5. The molecule has 1 N–H and O–H groups in total. The van der Waals surface area contributed by atoms with Crippen molar-refractivity contribution in [1.29, 1.82) is 0 Å². The summed E-state index contributed by atoms with van der Waals surface area (Å²) in [5, 5.41) is 3.27. The zero-order valence-corrected chi connectivity index (χ0v) is 21.3. The first-order chi connectivity index (χ1) is 17.6. The standard InChI is InChI=1S/C30H34N2O4/c1-4-16-36-24-12-10-22(11-13-24)18-29(33)32-26(17-21-8-6-5-7-9-21)30-25-20-28(35-3)27(34-2)19-23(25)14-15-31-30/h5-13,19-20,26H,4,14-18H2,1-3H3,(H,32,33)/t26-/m0/s1. The van der Waals surface area contributed by atoms with Gasteiger partial charge in [-0.25, -0.2) is 0 Å². The average molecular weight is 487 g/mol. The lowest BCUT2D eigenvalue weighted by molar-refractivity contribution is -0.120. The summed E-state index contributed by atoms with van der Waals surface area (Å²) in [5.74, 6) is 2.13. The lowest BCUT2D eigenvalue weighted by Gasteiger charge is -2.27. The number of nitrogens with zero attached hydrogens (tertiary/aromatic N) is 1. The molecule has 3 aromatic rings. The molecule has 0 aliphatic carbocycles. The molecule has 1 heterocycles. The quantitative estimate of drug-likeness (QED) is 0.422. The van der Waals surface area contributed by atoms with Crippen LogP contribution >= 0.6 is 0 Å². The molecule has 0 fully saturated rings. The number of benzene rings is 3. The number of hydrogen-bond acceptors (Lipinski definition) is 5. The Morgan fingerprint density at radius 3 is 2.39 bits per heavy atom. The summed E-state index contributed by atoms with van der Waals surface area (Å²) in [4.78, 5) is 18.1. The van der Waals surface area contributed by atoms with Gasteiger partial charge in [0.2, 0.25) is 5.91 Å². The van der Waals surface area contributed by atoms with Gasteiger partial charge in [-0.1, -0.05) is 49.4 Å². The fraction of sp³-hybridized carbons (Fsp3) is 0.333. The fourth-order valence-corrected chi connectivity index (χ4v) is 4.47. The first-order valence-corrected chi connectivity index (χ1v) is 12.5. The molecular weight excluding hydrogens is 452 g/mol. The van der Waals surface area contributed by atoms with Gasteiger partial charge in [0.25, 0.3) is 0 Å². The number of carbonyl (C=O) groups excluding carboxylic acids is 1. The van der Waals surface area contributed by atoms with Crippen LogP contribution in [0.2, 0.25) is 0 Å². The smallest absolute Gasteiger partial charge is 0.224 e. The summed E-state index contributed by atoms with van der Waals surface area (Å²) in [7, 11) is 3.27. The third-order valence-electron chi connectivity index (χ3n) is 6.26. The first-order valence-electron chi connectivity index (χ1n) is 12.5. The van der Waals surface area contributed by atoms with Crippen LogP contribution in [0.15, 0.2) is 71.7 Å². The van der Waals surface area contributed by atoms with Crippen LogP contribution in [0.25, 0.3) is 0 Å². The van der Waals surface area contributed by atoms with Gasteiger partial charge in [0.05, 0.1) is 39.0 Å². The normalized spacial score (nSPS) is 13.2. The number of nitrogens with one attached hydrogen (secondary N) is 1. The van der Waals surface area contributed by atoms with E-state index in [4.69, 9.17) is 19.2 Å². The Bertz CT molecular complexity index is 1190. The van der Waals surface area contributed by atoms with Gasteiger partial charge in [0.1, 0.15) is 5.75 Å². The van der Waals surface area contributed by atoms with E-state index in [0.717, 1.165) is 46.6 Å². The van der Waals surface area contributed by atoms with E-state index in [9.17, 15) is 4.79 Å². The SMILES string of the molecule is CCCOc1ccc(CC(=O)N[C@@H](Cc2ccccc2)C2=NCCc3cc(OC)c(OC)cc32)cc1. The third-order valence-corrected chi connectivity index (χ3v) is 6.26. The monoisotopic (exact) mass is 486 g/mol. The van der Waals surface area contributed by atoms with E-state index in [1.165, 1.54) is 0 Å². The maximum absolute atomic E-state index is 13.2. The highest BCUT2D eigenvalue weighted by Gasteiger charge is 2.26. The number of ether oxygens (including phenoxy) is 3. The molecule has 0 aromatic heterocycles. The second-order valence-electron chi connectivity index (χ2n) is 8.86. The van der Waals surface area contributed by atoms with Crippen LogP contribution in [-0.4, -0.2) is 45.0 Å². The van der Waals surface area contributed by atoms with Crippen molar-refractivity contribution in [1.82, 2.24) is 5.32 Å². The van der Waals surface area contributed by atoms with Crippen LogP contribution in [0.3, 0.4) is 0 Å². The maximum atomic E-state index is 13.2. The molecule has 6 nitrogen and oxygen atoms in total. The number of methoxy groups -OCH3 is 2. The van der Waals surface area contributed by atoms with E-state index in [-0.39, 0.29) is 18.4 Å². The molecule has 188 valence electrons. The van der Waals surface area contributed by atoms with E-state index in [1.807, 2.05) is 54.6 Å². The van der Waals surface area contributed by atoms with Crippen LogP contribution in [0.4, 0.5) is 0 Å². The molecule has 0 unspecified atom stereocenters. The predicted octanol–water partition coefficient (Wildman–Crippen LogP) is 4.81. The summed E-state index contributed by atoms with van der Waals surface area (Å²) < 4.78 is 16.7. The molecule has 1 aliphatic heterocycles. The van der Waals surface area contributed by atoms with Crippen molar-refractivity contribution in [3.8, 4) is 17.2 Å². The second kappa shape index (κ2) is 12.2. The van der Waals surface area contributed by atoms with Crippen molar-refractivity contribution in [3.05, 3.63) is 89.0 Å². The topological polar surface area (TPSA) is 69.2 Å². The van der Waals surface area contributed by atoms with Crippen LogP contribution in [-0.2, 0) is 24.1 Å². The molecule has 6 heteroatoms. The van der Waals surface area contributed by atoms with Gasteiger partial charge in [0.15, 0.2) is 11.5 Å². The van der Waals surface area contributed by atoms with Gasteiger partial charge in [0, 0.05) is 12.1 Å².